The molecule has 0 bridgehead atoms. The van der Waals surface area contributed by atoms with Gasteiger partial charge in [-0.05, 0) is 97.8 Å². The number of nitrogens with zero attached hydrogens (tertiary/aromatic N) is 8. The van der Waals surface area contributed by atoms with Crippen molar-refractivity contribution in [3.63, 3.8) is 0 Å². The Labute approximate surface area is 442 Å². The predicted molar refractivity (Wildman–Crippen MR) is 313 cm³/mol. The Morgan fingerprint density at radius 2 is 0.603 bits per heavy atom. The maximum absolute atomic E-state index is 5.51. The predicted octanol–water partition coefficient (Wildman–Crippen LogP) is 19.3. The second-order valence-corrected chi connectivity index (χ2v) is 23.3. The van der Waals surface area contributed by atoms with Gasteiger partial charge in [0, 0.05) is 78.9 Å². The van der Waals surface area contributed by atoms with Gasteiger partial charge < -0.3 is 9.13 Å². The molecular formula is C62H68N8S3. The highest BCUT2D eigenvalue weighted by atomic mass is 32.1. The summed E-state index contributed by atoms with van der Waals surface area (Å²) in [5.74, 6) is 2.08. The van der Waals surface area contributed by atoms with Gasteiger partial charge in [-0.25, -0.2) is 9.97 Å². The normalized spacial score (nSPS) is 12.1. The summed E-state index contributed by atoms with van der Waals surface area (Å²) >= 11 is 5.57. The van der Waals surface area contributed by atoms with Crippen LogP contribution in [0.2, 0.25) is 0 Å². The minimum absolute atomic E-state index is 0.915. The van der Waals surface area contributed by atoms with E-state index in [2.05, 4.69) is 95.8 Å². The monoisotopic (exact) mass is 1020 g/mol. The van der Waals surface area contributed by atoms with Crippen molar-refractivity contribution in [3.05, 3.63) is 110 Å². The number of unbranched alkanes of at least 4 members (excludes halogenated alkanes) is 18. The summed E-state index contributed by atoms with van der Waals surface area (Å²) in [5, 5.41) is 4.36. The van der Waals surface area contributed by atoms with Crippen LogP contribution in [0.4, 0.5) is 0 Å². The molecule has 11 aromatic rings. The number of benzene rings is 2. The van der Waals surface area contributed by atoms with E-state index in [-0.39, 0.29) is 0 Å². The van der Waals surface area contributed by atoms with Crippen LogP contribution in [-0.2, 0) is 13.1 Å². The van der Waals surface area contributed by atoms with Crippen molar-refractivity contribution in [3.8, 4) is 40.9 Å². The van der Waals surface area contributed by atoms with Gasteiger partial charge in [0.2, 0.25) is 0 Å². The van der Waals surface area contributed by atoms with Crippen molar-refractivity contribution in [1.82, 2.24) is 39.0 Å². The molecule has 2 aromatic carbocycles. The Morgan fingerprint density at radius 1 is 0.315 bits per heavy atom. The lowest BCUT2D eigenvalue weighted by molar-refractivity contribution is 0.539. The van der Waals surface area contributed by atoms with E-state index in [1.54, 1.807) is 0 Å². The van der Waals surface area contributed by atoms with Crippen LogP contribution in [0.25, 0.3) is 107 Å². The van der Waals surface area contributed by atoms with Crippen LogP contribution >= 0.6 is 34.0 Å². The molecule has 0 radical (unpaired) electrons. The third-order valence-electron chi connectivity index (χ3n) is 14.9. The molecule has 11 rings (SSSR count). The smallest absolute Gasteiger partial charge is 0.151 e. The summed E-state index contributed by atoms with van der Waals surface area (Å²) in [6.07, 6.45) is 33.7. The van der Waals surface area contributed by atoms with Gasteiger partial charge in [0.1, 0.15) is 0 Å². The van der Waals surface area contributed by atoms with Gasteiger partial charge in [-0.15, -0.1) is 34.0 Å². The summed E-state index contributed by atoms with van der Waals surface area (Å²) < 4.78 is 5.00. The summed E-state index contributed by atoms with van der Waals surface area (Å²) in [5.41, 5.74) is 8.08. The van der Waals surface area contributed by atoms with E-state index < -0.39 is 0 Å². The lowest BCUT2D eigenvalue weighted by Crippen LogP contribution is -2.01. The fraction of sp³-hybridized carbons (Fsp3) is 0.387. The van der Waals surface area contributed by atoms with E-state index in [0.717, 1.165) is 92.2 Å². The largest absolute Gasteiger partial charge is 0.323 e. The van der Waals surface area contributed by atoms with Crippen LogP contribution in [0.3, 0.4) is 0 Å². The second-order valence-electron chi connectivity index (χ2n) is 20.0. The van der Waals surface area contributed by atoms with Crippen molar-refractivity contribution in [2.24, 2.45) is 0 Å². The van der Waals surface area contributed by atoms with Gasteiger partial charge in [0.15, 0.2) is 11.6 Å². The lowest BCUT2D eigenvalue weighted by Gasteiger charge is -2.11. The van der Waals surface area contributed by atoms with Crippen LogP contribution in [0.15, 0.2) is 110 Å². The molecule has 0 atom stereocenters. The number of aryl methyl sites for hydroxylation is 2. The molecule has 9 aromatic heterocycles. The zero-order valence-corrected chi connectivity index (χ0v) is 45.2. The van der Waals surface area contributed by atoms with Gasteiger partial charge in [-0.3, -0.25) is 19.9 Å². The molecule has 73 heavy (non-hydrogen) atoms. The number of aromatic nitrogens is 8. The summed E-state index contributed by atoms with van der Waals surface area (Å²) in [7, 11) is 0. The first-order chi connectivity index (χ1) is 36.2. The van der Waals surface area contributed by atoms with Gasteiger partial charge in [-0.2, -0.15) is 0 Å². The number of pyridine rings is 4. The Hall–Kier alpha value is -5.88. The van der Waals surface area contributed by atoms with E-state index in [9.17, 15) is 0 Å². The van der Waals surface area contributed by atoms with E-state index in [1.807, 2.05) is 70.9 Å². The van der Waals surface area contributed by atoms with Gasteiger partial charge in [0.05, 0.1) is 53.9 Å². The van der Waals surface area contributed by atoms with E-state index >= 15 is 0 Å². The van der Waals surface area contributed by atoms with E-state index in [0.29, 0.717) is 0 Å². The average Bonchev–Trinajstić information content (AvgIpc) is 4.30. The Kier molecular flexibility index (Phi) is 15.9. The van der Waals surface area contributed by atoms with Crippen LogP contribution in [0, 0.1) is 0 Å². The van der Waals surface area contributed by atoms with Gasteiger partial charge >= 0.3 is 0 Å². The molecule has 0 saturated heterocycles. The van der Waals surface area contributed by atoms with E-state index in [1.165, 1.54) is 156 Å². The molecule has 9 heterocycles. The average molecular weight is 1020 g/mol. The Morgan fingerprint density at radius 3 is 0.959 bits per heavy atom. The maximum Gasteiger partial charge on any atom is 0.151 e. The van der Waals surface area contributed by atoms with Gasteiger partial charge in [-0.1, -0.05) is 129 Å². The second kappa shape index (κ2) is 23.5. The highest BCUT2D eigenvalue weighted by molar-refractivity contribution is 7.27. The number of hydrogen-bond donors (Lipinski definition) is 0. The third kappa shape index (κ3) is 10.5. The summed E-state index contributed by atoms with van der Waals surface area (Å²) in [6, 6.07) is 30.7. The fourth-order valence-corrected chi connectivity index (χ4v) is 14.3. The first-order valence-corrected chi connectivity index (χ1v) is 30.0. The third-order valence-corrected chi connectivity index (χ3v) is 18.5. The molecule has 0 spiro atoms. The Bertz CT molecular complexity index is 3380. The van der Waals surface area contributed by atoms with Crippen LogP contribution in [0.5, 0.6) is 0 Å². The van der Waals surface area contributed by atoms with Crippen molar-refractivity contribution in [2.45, 2.75) is 155 Å². The minimum atomic E-state index is 0.915. The molecule has 0 fully saturated rings. The topological polar surface area (TPSA) is 87.2 Å². The van der Waals surface area contributed by atoms with Crippen LogP contribution in [0.1, 0.15) is 142 Å². The standard InChI is InChI=1S/C62H68N8S3/c1-3-5-7-9-11-13-15-17-19-21-41-69-59-45-29-25-39-65-55(45)53-43(27-23-37-63-53)57(59)67-61(69)51-35-33-49(72-51)47-31-32-48(71-47)50-34-36-52(73-50)62-68-58-44-28-24-38-64-54(44)56-46(30-26-40-66-56)60(58)70(62)42-22-20-18-16-14-12-10-8-6-4-2/h23-40H,3-22,41-42H2,1-2H3. The molecule has 0 aliphatic rings. The Balaban J connectivity index is 0.869. The lowest BCUT2D eigenvalue weighted by atomic mass is 10.1. The molecule has 0 aliphatic heterocycles. The molecule has 0 amide bonds. The highest BCUT2D eigenvalue weighted by Crippen LogP contribution is 2.45. The number of rotatable bonds is 26. The molecule has 374 valence electrons. The van der Waals surface area contributed by atoms with Crippen LogP contribution in [-0.4, -0.2) is 39.0 Å². The SMILES string of the molecule is CCCCCCCCCCCCn1c(-c2ccc(-c3ccc(-c4ccc(-c5nc6c7cccnc7c7ncccc7c6n5CCCCCCCCCCCC)s4)s3)s2)nc2c3cccnc3c3ncccc3c21. The van der Waals surface area contributed by atoms with E-state index in [4.69, 9.17) is 29.9 Å². The van der Waals surface area contributed by atoms with Gasteiger partial charge in [0.25, 0.3) is 0 Å². The first kappa shape index (κ1) is 49.3. The molecule has 8 nitrogen and oxygen atoms in total. The number of imidazole rings is 2. The van der Waals surface area contributed by atoms with Crippen molar-refractivity contribution in [1.29, 1.82) is 0 Å². The molecular weight excluding hydrogens is 953 g/mol. The van der Waals surface area contributed by atoms with Crippen molar-refractivity contribution >= 4 is 99.7 Å². The highest BCUT2D eigenvalue weighted by Gasteiger charge is 2.24. The number of thiophene rings is 3. The zero-order chi connectivity index (χ0) is 49.3. The summed E-state index contributed by atoms with van der Waals surface area (Å²) in [4.78, 5) is 37.9. The molecule has 0 N–H and O–H groups in total. The fourth-order valence-electron chi connectivity index (χ4n) is 11.1. The van der Waals surface area contributed by atoms with Crippen molar-refractivity contribution in [2.75, 3.05) is 0 Å². The quantitative estimate of drug-likeness (QED) is 0.0397. The molecule has 0 unspecified atom stereocenters. The number of hydrogen-bond acceptors (Lipinski definition) is 9. The van der Waals surface area contributed by atoms with Crippen LogP contribution < -0.4 is 0 Å². The zero-order valence-electron chi connectivity index (χ0n) is 42.8. The van der Waals surface area contributed by atoms with Crippen molar-refractivity contribution < 1.29 is 0 Å². The maximum atomic E-state index is 5.51. The molecule has 0 aliphatic carbocycles. The minimum Gasteiger partial charge on any atom is -0.323 e. The molecule has 0 saturated carbocycles. The first-order valence-electron chi connectivity index (χ1n) is 27.5. The number of fused-ring (bicyclic) bond motifs is 12. The molecule has 11 heteroatoms. The summed E-state index contributed by atoms with van der Waals surface area (Å²) in [6.45, 7) is 6.43.